The zero-order valence-electron chi connectivity index (χ0n) is 10.4. The fraction of sp³-hybridized carbons (Fsp3) is 0.154. The molecule has 7 heteroatoms. The van der Waals surface area contributed by atoms with E-state index in [1.165, 1.54) is 6.20 Å². The second-order valence-electron chi connectivity index (χ2n) is 4.10. The molecule has 0 bridgehead atoms. The quantitative estimate of drug-likeness (QED) is 0.712. The summed E-state index contributed by atoms with van der Waals surface area (Å²) in [5.74, 6) is -0.486. The van der Waals surface area contributed by atoms with Gasteiger partial charge in [0.25, 0.3) is 0 Å². The third-order valence-electron chi connectivity index (χ3n) is 2.85. The lowest BCUT2D eigenvalue weighted by atomic mass is 10.2. The fourth-order valence-corrected chi connectivity index (χ4v) is 2.59. The van der Waals surface area contributed by atoms with E-state index in [1.54, 1.807) is 13.1 Å². The van der Waals surface area contributed by atoms with Crippen LogP contribution in [0.5, 0.6) is 0 Å². The van der Waals surface area contributed by atoms with Gasteiger partial charge in [0, 0.05) is 16.9 Å². The van der Waals surface area contributed by atoms with Gasteiger partial charge in [-0.15, -0.1) is 0 Å². The van der Waals surface area contributed by atoms with Crippen LogP contribution in [-0.2, 0) is 4.74 Å². The van der Waals surface area contributed by atoms with Crippen LogP contribution in [0.15, 0.2) is 22.9 Å². The Balaban J connectivity index is 2.27. The number of ether oxygens (including phenoxy) is 1. The Morgan fingerprint density at radius 1 is 1.40 bits per heavy atom. The first-order valence-corrected chi connectivity index (χ1v) is 7.07. The highest BCUT2D eigenvalue weighted by molar-refractivity contribution is 9.10. The maximum Gasteiger partial charge on any atom is 0.341 e. The Kier molecular flexibility index (Phi) is 3.35. The third kappa shape index (κ3) is 2.05. The molecule has 102 valence electrons. The van der Waals surface area contributed by atoms with E-state index in [9.17, 15) is 4.79 Å². The molecule has 0 atom stereocenters. The van der Waals surface area contributed by atoms with Crippen molar-refractivity contribution in [3.63, 3.8) is 0 Å². The number of carbonyl (C=O) groups excluding carboxylic acids is 1. The van der Waals surface area contributed by atoms with E-state index in [1.807, 2.05) is 6.07 Å². The molecule has 0 saturated carbocycles. The summed E-state index contributed by atoms with van der Waals surface area (Å²) in [6.45, 7) is 2.02. The van der Waals surface area contributed by atoms with Crippen molar-refractivity contribution in [1.82, 2.24) is 15.0 Å². The summed E-state index contributed by atoms with van der Waals surface area (Å²) >= 11 is 9.63. The van der Waals surface area contributed by atoms with Crippen LogP contribution >= 0.6 is 27.5 Å². The van der Waals surface area contributed by atoms with Crippen LogP contribution in [0.3, 0.4) is 0 Å². The van der Waals surface area contributed by atoms with Gasteiger partial charge in [-0.1, -0.05) is 11.6 Å². The van der Waals surface area contributed by atoms with E-state index in [0.29, 0.717) is 21.6 Å². The molecule has 0 fully saturated rings. The average molecular weight is 355 g/mol. The number of fused-ring (bicyclic) bond motifs is 3. The van der Waals surface area contributed by atoms with Crippen LogP contribution in [0.4, 0.5) is 0 Å². The first kappa shape index (κ1) is 13.3. The first-order chi connectivity index (χ1) is 9.61. The van der Waals surface area contributed by atoms with E-state index < -0.39 is 5.97 Å². The highest BCUT2D eigenvalue weighted by Gasteiger charge is 2.18. The van der Waals surface area contributed by atoms with E-state index >= 15 is 0 Å². The highest BCUT2D eigenvalue weighted by Crippen LogP contribution is 2.31. The number of aromatic nitrogens is 3. The highest BCUT2D eigenvalue weighted by atomic mass is 79.9. The van der Waals surface area contributed by atoms with Gasteiger partial charge in [0.15, 0.2) is 0 Å². The molecule has 0 amide bonds. The first-order valence-electron chi connectivity index (χ1n) is 5.90. The van der Waals surface area contributed by atoms with Gasteiger partial charge in [0.2, 0.25) is 0 Å². The second-order valence-corrected chi connectivity index (χ2v) is 5.40. The van der Waals surface area contributed by atoms with Crippen LogP contribution in [0.25, 0.3) is 22.1 Å². The summed E-state index contributed by atoms with van der Waals surface area (Å²) in [4.78, 5) is 23.5. The topological polar surface area (TPSA) is 67.9 Å². The molecule has 3 heterocycles. The van der Waals surface area contributed by atoms with Gasteiger partial charge in [0.05, 0.1) is 28.2 Å². The van der Waals surface area contributed by atoms with Crippen molar-refractivity contribution in [2.24, 2.45) is 0 Å². The average Bonchev–Trinajstić information content (AvgIpc) is 2.78. The summed E-state index contributed by atoms with van der Waals surface area (Å²) in [6.07, 6.45) is 3.10. The number of rotatable bonds is 2. The van der Waals surface area contributed by atoms with Gasteiger partial charge in [-0.05, 0) is 28.9 Å². The molecule has 3 aromatic heterocycles. The minimum atomic E-state index is -0.486. The maximum absolute atomic E-state index is 11.8. The number of carbonyl (C=O) groups is 1. The molecule has 0 saturated heterocycles. The lowest BCUT2D eigenvalue weighted by molar-refractivity contribution is 0.0526. The van der Waals surface area contributed by atoms with Gasteiger partial charge in [-0.25, -0.2) is 4.79 Å². The largest absolute Gasteiger partial charge is 0.462 e. The molecule has 3 aromatic rings. The normalized spacial score (nSPS) is 11.2. The number of aromatic amines is 1. The maximum atomic E-state index is 11.8. The molecule has 0 spiro atoms. The second kappa shape index (κ2) is 5.03. The minimum absolute atomic E-state index is 0.242. The lowest BCUT2D eigenvalue weighted by Gasteiger charge is -2.03. The predicted octanol–water partition coefficient (Wildman–Crippen LogP) is 3.70. The van der Waals surface area contributed by atoms with E-state index in [2.05, 4.69) is 30.9 Å². The molecule has 5 nitrogen and oxygen atoms in total. The van der Waals surface area contributed by atoms with E-state index in [-0.39, 0.29) is 12.2 Å². The van der Waals surface area contributed by atoms with Crippen LogP contribution in [0, 0.1) is 0 Å². The number of nitrogens with one attached hydrogen (secondary N) is 1. The summed E-state index contributed by atoms with van der Waals surface area (Å²) in [5, 5.41) is 0.294. The zero-order chi connectivity index (χ0) is 14.3. The Bertz CT molecular complexity index is 831. The summed E-state index contributed by atoms with van der Waals surface area (Å²) in [7, 11) is 0. The van der Waals surface area contributed by atoms with Gasteiger partial charge < -0.3 is 9.72 Å². The number of hydrogen-bond donors (Lipinski definition) is 1. The fourth-order valence-electron chi connectivity index (χ4n) is 1.99. The van der Waals surface area contributed by atoms with Crippen LogP contribution in [-0.4, -0.2) is 27.5 Å². The Morgan fingerprint density at radius 3 is 2.90 bits per heavy atom. The molecule has 0 unspecified atom stereocenters. The number of hydrogen-bond acceptors (Lipinski definition) is 4. The number of H-pyrrole nitrogens is 1. The van der Waals surface area contributed by atoms with Crippen molar-refractivity contribution in [3.05, 3.63) is 33.5 Å². The van der Waals surface area contributed by atoms with Crippen LogP contribution < -0.4 is 0 Å². The van der Waals surface area contributed by atoms with Gasteiger partial charge >= 0.3 is 5.97 Å². The zero-order valence-corrected chi connectivity index (χ0v) is 12.7. The summed E-state index contributed by atoms with van der Waals surface area (Å²) in [5.41, 5.74) is 2.96. The molecule has 0 aliphatic carbocycles. The molecular weight excluding hydrogens is 346 g/mol. The monoisotopic (exact) mass is 353 g/mol. The Morgan fingerprint density at radius 2 is 2.15 bits per heavy atom. The third-order valence-corrected chi connectivity index (χ3v) is 3.68. The number of nitrogens with zero attached hydrogens (tertiary/aromatic N) is 2. The molecule has 0 aromatic carbocycles. The van der Waals surface area contributed by atoms with E-state index in [0.717, 1.165) is 9.99 Å². The lowest BCUT2D eigenvalue weighted by Crippen LogP contribution is -2.06. The van der Waals surface area contributed by atoms with Crippen molar-refractivity contribution in [2.45, 2.75) is 6.92 Å². The standard InChI is InChI=1S/C13H9BrClN3O2/c1-2-20-13(19)7-5-17-12-10-8(3-6(14)4-16-10)18-11(12)9(7)15/h3-5,18H,2H2,1H3. The van der Waals surface area contributed by atoms with Crippen molar-refractivity contribution in [3.8, 4) is 0 Å². The molecule has 0 aliphatic rings. The molecular formula is C13H9BrClN3O2. The molecule has 1 N–H and O–H groups in total. The van der Waals surface area contributed by atoms with Crippen LogP contribution in [0.1, 0.15) is 17.3 Å². The van der Waals surface area contributed by atoms with E-state index in [4.69, 9.17) is 16.3 Å². The van der Waals surface area contributed by atoms with Gasteiger partial charge in [0.1, 0.15) is 11.0 Å². The van der Waals surface area contributed by atoms with Crippen molar-refractivity contribution < 1.29 is 9.53 Å². The summed E-state index contributed by atoms with van der Waals surface area (Å²) < 4.78 is 5.80. The van der Waals surface area contributed by atoms with Crippen molar-refractivity contribution in [2.75, 3.05) is 6.61 Å². The predicted molar refractivity (Wildman–Crippen MR) is 80.1 cm³/mol. The summed E-state index contributed by atoms with van der Waals surface area (Å²) in [6, 6.07) is 1.88. The molecule has 0 radical (unpaired) electrons. The molecule has 0 aliphatic heterocycles. The smallest absolute Gasteiger partial charge is 0.341 e. The molecule has 20 heavy (non-hydrogen) atoms. The Labute approximate surface area is 127 Å². The number of halogens is 2. The van der Waals surface area contributed by atoms with Gasteiger partial charge in [-0.2, -0.15) is 0 Å². The van der Waals surface area contributed by atoms with Crippen molar-refractivity contribution >= 4 is 55.6 Å². The molecule has 3 rings (SSSR count). The minimum Gasteiger partial charge on any atom is -0.462 e. The number of esters is 1. The SMILES string of the molecule is CCOC(=O)c1cnc2c([nH]c3cc(Br)cnc32)c1Cl. The van der Waals surface area contributed by atoms with Crippen molar-refractivity contribution in [1.29, 1.82) is 0 Å². The Hall–Kier alpha value is -1.66. The van der Waals surface area contributed by atoms with Crippen LogP contribution in [0.2, 0.25) is 5.02 Å². The van der Waals surface area contributed by atoms with Gasteiger partial charge in [-0.3, -0.25) is 9.97 Å². The number of pyridine rings is 2.